The van der Waals surface area contributed by atoms with Crippen molar-refractivity contribution in [3.63, 3.8) is 0 Å². The first-order valence-corrected chi connectivity index (χ1v) is 8.70. The van der Waals surface area contributed by atoms with Gasteiger partial charge in [-0.25, -0.2) is 14.8 Å². The van der Waals surface area contributed by atoms with Gasteiger partial charge in [0.15, 0.2) is 23.0 Å². The highest BCUT2D eigenvalue weighted by Crippen LogP contribution is 2.32. The number of ether oxygens (including phenoxy) is 3. The lowest BCUT2D eigenvalue weighted by molar-refractivity contribution is 0.0372. The van der Waals surface area contributed by atoms with E-state index in [0.29, 0.717) is 29.1 Å². The molecule has 0 unspecified atom stereocenters. The Morgan fingerprint density at radius 2 is 1.85 bits per heavy atom. The largest absolute Gasteiger partial charge is 0.458 e. The Balaban J connectivity index is 1.63. The standard InChI is InChI=1S/C20H19N3O4/c1-12(2)27-20(24)18-19(23-15-6-4-3-5-14(15)22-18)21-10-13-7-8-16-17(9-13)26-11-25-16/h3-9,12H,10-11H2,1-2H3,(H,21,23). The molecule has 0 aliphatic carbocycles. The van der Waals surface area contributed by atoms with Crippen LogP contribution in [0.15, 0.2) is 42.5 Å². The molecule has 27 heavy (non-hydrogen) atoms. The molecule has 0 saturated heterocycles. The van der Waals surface area contributed by atoms with Crippen LogP contribution >= 0.6 is 0 Å². The van der Waals surface area contributed by atoms with Gasteiger partial charge in [-0.1, -0.05) is 18.2 Å². The lowest BCUT2D eigenvalue weighted by atomic mass is 10.2. The number of para-hydroxylation sites is 2. The summed E-state index contributed by atoms with van der Waals surface area (Å²) in [6.07, 6.45) is -0.243. The van der Waals surface area contributed by atoms with Crippen molar-refractivity contribution in [3.8, 4) is 11.5 Å². The second-order valence-corrected chi connectivity index (χ2v) is 6.40. The summed E-state index contributed by atoms with van der Waals surface area (Å²) in [5.41, 5.74) is 2.48. The number of esters is 1. The molecule has 138 valence electrons. The molecule has 2 aromatic carbocycles. The number of carbonyl (C=O) groups is 1. The Labute approximate surface area is 156 Å². The summed E-state index contributed by atoms with van der Waals surface area (Å²) in [5.74, 6) is 1.32. The van der Waals surface area contributed by atoms with Crippen LogP contribution in [-0.4, -0.2) is 28.8 Å². The minimum Gasteiger partial charge on any atom is -0.458 e. The lowest BCUT2D eigenvalue weighted by Gasteiger charge is -2.13. The fourth-order valence-electron chi connectivity index (χ4n) is 2.77. The van der Waals surface area contributed by atoms with Crippen molar-refractivity contribution in [2.45, 2.75) is 26.5 Å². The number of nitrogens with one attached hydrogen (secondary N) is 1. The van der Waals surface area contributed by atoms with E-state index in [1.807, 2.05) is 42.5 Å². The van der Waals surface area contributed by atoms with Crippen molar-refractivity contribution in [2.24, 2.45) is 0 Å². The van der Waals surface area contributed by atoms with E-state index in [0.717, 1.165) is 11.3 Å². The van der Waals surface area contributed by atoms with E-state index in [-0.39, 0.29) is 18.6 Å². The number of nitrogens with zero attached hydrogens (tertiary/aromatic N) is 2. The van der Waals surface area contributed by atoms with Gasteiger partial charge in [-0.05, 0) is 43.7 Å². The summed E-state index contributed by atoms with van der Waals surface area (Å²) in [6, 6.07) is 13.1. The molecule has 2 heterocycles. The van der Waals surface area contributed by atoms with E-state index in [9.17, 15) is 4.79 Å². The molecule has 4 rings (SSSR count). The van der Waals surface area contributed by atoms with Crippen molar-refractivity contribution >= 4 is 22.8 Å². The number of benzene rings is 2. The van der Waals surface area contributed by atoms with Gasteiger partial charge in [0.05, 0.1) is 17.1 Å². The Kier molecular flexibility index (Phi) is 4.50. The van der Waals surface area contributed by atoms with Gasteiger partial charge in [-0.15, -0.1) is 0 Å². The van der Waals surface area contributed by atoms with Crippen molar-refractivity contribution in [1.82, 2.24) is 9.97 Å². The third-order valence-electron chi connectivity index (χ3n) is 4.00. The second-order valence-electron chi connectivity index (χ2n) is 6.40. The average molecular weight is 365 g/mol. The molecule has 7 nitrogen and oxygen atoms in total. The molecule has 0 bridgehead atoms. The topological polar surface area (TPSA) is 82.6 Å². The molecule has 3 aromatic rings. The molecule has 0 saturated carbocycles. The summed E-state index contributed by atoms with van der Waals surface area (Å²) in [7, 11) is 0. The van der Waals surface area contributed by atoms with Gasteiger partial charge in [-0.2, -0.15) is 0 Å². The minimum absolute atomic E-state index is 0.170. The van der Waals surface area contributed by atoms with E-state index in [1.54, 1.807) is 13.8 Å². The number of hydrogen-bond donors (Lipinski definition) is 1. The molecule has 1 aliphatic rings. The Morgan fingerprint density at radius 3 is 2.63 bits per heavy atom. The molecule has 1 aromatic heterocycles. The van der Waals surface area contributed by atoms with E-state index < -0.39 is 5.97 Å². The van der Waals surface area contributed by atoms with Crippen LogP contribution in [0.5, 0.6) is 11.5 Å². The number of aromatic nitrogens is 2. The van der Waals surface area contributed by atoms with Crippen LogP contribution in [0.4, 0.5) is 5.82 Å². The molecule has 0 fully saturated rings. The van der Waals surface area contributed by atoms with Crippen molar-refractivity contribution in [2.75, 3.05) is 12.1 Å². The average Bonchev–Trinajstić information content (AvgIpc) is 3.13. The Morgan fingerprint density at radius 1 is 1.11 bits per heavy atom. The number of hydrogen-bond acceptors (Lipinski definition) is 7. The zero-order valence-electron chi connectivity index (χ0n) is 15.1. The van der Waals surface area contributed by atoms with E-state index in [4.69, 9.17) is 14.2 Å². The third-order valence-corrected chi connectivity index (χ3v) is 4.00. The second kappa shape index (κ2) is 7.11. The number of fused-ring (bicyclic) bond motifs is 2. The summed E-state index contributed by atoms with van der Waals surface area (Å²) >= 11 is 0. The molecule has 0 atom stereocenters. The maximum Gasteiger partial charge on any atom is 0.361 e. The van der Waals surface area contributed by atoms with Crippen LogP contribution < -0.4 is 14.8 Å². The van der Waals surface area contributed by atoms with Crippen LogP contribution in [0.1, 0.15) is 29.9 Å². The van der Waals surface area contributed by atoms with Gasteiger partial charge >= 0.3 is 5.97 Å². The lowest BCUT2D eigenvalue weighted by Crippen LogP contribution is -2.17. The number of carbonyl (C=O) groups excluding carboxylic acids is 1. The Hall–Kier alpha value is -3.35. The maximum absolute atomic E-state index is 12.5. The minimum atomic E-state index is -0.503. The van der Waals surface area contributed by atoms with Crippen molar-refractivity contribution < 1.29 is 19.0 Å². The Bertz CT molecular complexity index is 1000. The van der Waals surface area contributed by atoms with E-state index in [2.05, 4.69) is 15.3 Å². The molecule has 0 radical (unpaired) electrons. The molecule has 1 aliphatic heterocycles. The maximum atomic E-state index is 12.5. The van der Waals surface area contributed by atoms with Crippen LogP contribution in [-0.2, 0) is 11.3 Å². The summed E-state index contributed by atoms with van der Waals surface area (Å²) in [5, 5.41) is 3.20. The van der Waals surface area contributed by atoms with E-state index >= 15 is 0 Å². The number of anilines is 1. The summed E-state index contributed by atoms with van der Waals surface area (Å²) in [4.78, 5) is 21.5. The summed E-state index contributed by atoms with van der Waals surface area (Å²) < 4.78 is 16.0. The highest BCUT2D eigenvalue weighted by atomic mass is 16.7. The first-order valence-electron chi connectivity index (χ1n) is 8.70. The molecular formula is C20H19N3O4. The fraction of sp³-hybridized carbons (Fsp3) is 0.250. The quantitative estimate of drug-likeness (QED) is 0.693. The zero-order chi connectivity index (χ0) is 18.8. The highest BCUT2D eigenvalue weighted by molar-refractivity contribution is 5.95. The predicted molar refractivity (Wildman–Crippen MR) is 100.0 cm³/mol. The van der Waals surface area contributed by atoms with Gasteiger partial charge in [0.2, 0.25) is 6.79 Å². The van der Waals surface area contributed by atoms with Gasteiger partial charge in [-0.3, -0.25) is 0 Å². The van der Waals surface area contributed by atoms with Gasteiger partial charge in [0, 0.05) is 6.54 Å². The zero-order valence-corrected chi connectivity index (χ0v) is 15.1. The fourth-order valence-corrected chi connectivity index (χ4v) is 2.77. The van der Waals surface area contributed by atoms with Gasteiger partial charge in [0.25, 0.3) is 0 Å². The van der Waals surface area contributed by atoms with E-state index in [1.165, 1.54) is 0 Å². The highest BCUT2D eigenvalue weighted by Gasteiger charge is 2.19. The monoisotopic (exact) mass is 365 g/mol. The first-order chi connectivity index (χ1) is 13.1. The van der Waals surface area contributed by atoms with Crippen molar-refractivity contribution in [1.29, 1.82) is 0 Å². The number of rotatable bonds is 5. The molecular weight excluding hydrogens is 346 g/mol. The van der Waals surface area contributed by atoms with Gasteiger partial charge in [0.1, 0.15) is 0 Å². The molecule has 7 heteroatoms. The first kappa shape index (κ1) is 17.1. The normalized spacial score (nSPS) is 12.4. The van der Waals surface area contributed by atoms with Crippen LogP contribution in [0, 0.1) is 0 Å². The predicted octanol–water partition coefficient (Wildman–Crippen LogP) is 3.54. The third kappa shape index (κ3) is 3.62. The molecule has 0 amide bonds. The smallest absolute Gasteiger partial charge is 0.361 e. The van der Waals surface area contributed by atoms with Crippen LogP contribution in [0.2, 0.25) is 0 Å². The summed E-state index contributed by atoms with van der Waals surface area (Å²) in [6.45, 7) is 4.28. The van der Waals surface area contributed by atoms with Crippen LogP contribution in [0.3, 0.4) is 0 Å². The van der Waals surface area contributed by atoms with Crippen molar-refractivity contribution in [3.05, 3.63) is 53.7 Å². The van der Waals surface area contributed by atoms with Crippen LogP contribution in [0.25, 0.3) is 11.0 Å². The SMILES string of the molecule is CC(C)OC(=O)c1nc2ccccc2nc1NCc1ccc2c(c1)OCO2. The molecule has 1 N–H and O–H groups in total. The molecule has 0 spiro atoms. The van der Waals surface area contributed by atoms with Gasteiger partial charge < -0.3 is 19.5 Å².